The molecule has 0 radical (unpaired) electrons. The number of carbonyl (C=O) groups is 2. The molecule has 1 aromatic heterocycles. The van der Waals surface area contributed by atoms with Crippen LogP contribution in [0.5, 0.6) is 0 Å². The van der Waals surface area contributed by atoms with Gasteiger partial charge in [0.15, 0.2) is 5.78 Å². The van der Waals surface area contributed by atoms with Crippen molar-refractivity contribution < 1.29 is 9.59 Å². The fraction of sp³-hybridized carbons (Fsp3) is 0.350. The van der Waals surface area contributed by atoms with Gasteiger partial charge in [-0.3, -0.25) is 9.59 Å². The number of nitriles is 1. The van der Waals surface area contributed by atoms with Gasteiger partial charge in [0, 0.05) is 38.8 Å². The first kappa shape index (κ1) is 17.7. The number of hydrogen-bond acceptors (Lipinski definition) is 4. The van der Waals surface area contributed by atoms with Gasteiger partial charge in [0.25, 0.3) is 5.91 Å². The Bertz CT molecular complexity index is 899. The van der Waals surface area contributed by atoms with E-state index in [1.165, 1.54) is 6.92 Å². The third-order valence-electron chi connectivity index (χ3n) is 4.94. The second-order valence-corrected chi connectivity index (χ2v) is 6.59. The minimum atomic E-state index is -0.0671. The highest BCUT2D eigenvalue weighted by Gasteiger charge is 2.27. The van der Waals surface area contributed by atoms with E-state index >= 15 is 0 Å². The van der Waals surface area contributed by atoms with Crippen LogP contribution in [-0.4, -0.2) is 47.8 Å². The van der Waals surface area contributed by atoms with Crippen LogP contribution in [-0.2, 0) is 0 Å². The molecule has 0 aliphatic carbocycles. The Kier molecular flexibility index (Phi) is 4.81. The molecule has 6 heteroatoms. The predicted molar refractivity (Wildman–Crippen MR) is 99.5 cm³/mol. The van der Waals surface area contributed by atoms with Crippen LogP contribution in [0.15, 0.2) is 24.3 Å². The Morgan fingerprint density at radius 3 is 2.35 bits per heavy atom. The van der Waals surface area contributed by atoms with Gasteiger partial charge >= 0.3 is 0 Å². The van der Waals surface area contributed by atoms with E-state index in [0.29, 0.717) is 43.0 Å². The van der Waals surface area contributed by atoms with Crippen molar-refractivity contribution >= 4 is 17.4 Å². The molecule has 2 aromatic rings. The van der Waals surface area contributed by atoms with Crippen LogP contribution in [0.4, 0.5) is 5.69 Å². The molecule has 1 aliphatic rings. The maximum absolute atomic E-state index is 13.0. The van der Waals surface area contributed by atoms with Crippen LogP contribution in [0.3, 0.4) is 0 Å². The van der Waals surface area contributed by atoms with Crippen molar-refractivity contribution in [3.63, 3.8) is 0 Å². The van der Waals surface area contributed by atoms with Gasteiger partial charge in [-0.2, -0.15) is 5.26 Å². The number of H-pyrrole nitrogens is 1. The summed E-state index contributed by atoms with van der Waals surface area (Å²) in [7, 11) is 0. The van der Waals surface area contributed by atoms with E-state index < -0.39 is 0 Å². The van der Waals surface area contributed by atoms with Crippen molar-refractivity contribution in [1.82, 2.24) is 9.88 Å². The molecule has 26 heavy (non-hydrogen) atoms. The molecule has 0 spiro atoms. The highest BCUT2D eigenvalue weighted by atomic mass is 16.2. The Balaban J connectivity index is 1.76. The lowest BCUT2D eigenvalue weighted by Crippen LogP contribution is -2.49. The first-order valence-electron chi connectivity index (χ1n) is 8.67. The fourth-order valence-electron chi connectivity index (χ4n) is 3.58. The molecule has 1 fully saturated rings. The summed E-state index contributed by atoms with van der Waals surface area (Å²) in [5.74, 6) is -0.112. The SMILES string of the molecule is CC(=O)c1[nH]c(C)c(C(=O)N2CCN(c3ccccc3C#N)CC2)c1C. The largest absolute Gasteiger partial charge is 0.367 e. The highest BCUT2D eigenvalue weighted by Crippen LogP contribution is 2.24. The first-order valence-corrected chi connectivity index (χ1v) is 8.67. The smallest absolute Gasteiger partial charge is 0.256 e. The van der Waals surface area contributed by atoms with Crippen molar-refractivity contribution in [2.45, 2.75) is 20.8 Å². The Morgan fingerprint density at radius 2 is 1.77 bits per heavy atom. The molecule has 1 aliphatic heterocycles. The van der Waals surface area contributed by atoms with E-state index in [1.807, 2.05) is 43.0 Å². The molecule has 134 valence electrons. The Hall–Kier alpha value is -3.07. The predicted octanol–water partition coefficient (Wildman–Crippen LogP) is 2.67. The molecule has 3 rings (SSSR count). The van der Waals surface area contributed by atoms with E-state index in [2.05, 4.69) is 16.0 Å². The summed E-state index contributed by atoms with van der Waals surface area (Å²) in [6, 6.07) is 9.74. The number of aryl methyl sites for hydroxylation is 1. The maximum Gasteiger partial charge on any atom is 0.256 e. The third kappa shape index (κ3) is 3.08. The molecule has 1 aromatic carbocycles. The van der Waals surface area contributed by atoms with Crippen LogP contribution >= 0.6 is 0 Å². The van der Waals surface area contributed by atoms with Gasteiger partial charge < -0.3 is 14.8 Å². The lowest BCUT2D eigenvalue weighted by molar-refractivity contribution is 0.0745. The number of aromatic amines is 1. The molecule has 6 nitrogen and oxygen atoms in total. The van der Waals surface area contributed by atoms with Gasteiger partial charge in [-0.25, -0.2) is 0 Å². The number of benzene rings is 1. The van der Waals surface area contributed by atoms with Crippen LogP contribution in [0.25, 0.3) is 0 Å². The lowest BCUT2D eigenvalue weighted by atomic mass is 10.1. The number of ketones is 1. The molecule has 1 amide bonds. The number of anilines is 1. The van der Waals surface area contributed by atoms with E-state index in [0.717, 1.165) is 16.9 Å². The maximum atomic E-state index is 13.0. The van der Waals surface area contributed by atoms with E-state index in [1.54, 1.807) is 0 Å². The Labute approximate surface area is 153 Å². The van der Waals surface area contributed by atoms with Crippen LogP contribution in [0, 0.1) is 25.2 Å². The number of nitrogens with one attached hydrogen (secondary N) is 1. The van der Waals surface area contributed by atoms with Crippen LogP contribution in [0.2, 0.25) is 0 Å². The molecular formula is C20H22N4O2. The number of rotatable bonds is 3. The molecule has 0 unspecified atom stereocenters. The molecule has 0 atom stereocenters. The number of piperazine rings is 1. The summed E-state index contributed by atoms with van der Waals surface area (Å²) in [4.78, 5) is 31.7. The van der Waals surface area contributed by atoms with Crippen molar-refractivity contribution in [3.8, 4) is 6.07 Å². The number of para-hydroxylation sites is 1. The van der Waals surface area contributed by atoms with Gasteiger partial charge in [0.2, 0.25) is 0 Å². The molecule has 2 heterocycles. The van der Waals surface area contributed by atoms with Crippen molar-refractivity contribution in [3.05, 3.63) is 52.3 Å². The average molecular weight is 350 g/mol. The zero-order valence-electron chi connectivity index (χ0n) is 15.3. The Morgan fingerprint density at radius 1 is 1.12 bits per heavy atom. The number of Topliss-reactive ketones (excluding diaryl/α,β-unsaturated/α-hetero) is 1. The summed E-state index contributed by atoms with van der Waals surface area (Å²) >= 11 is 0. The second-order valence-electron chi connectivity index (χ2n) is 6.59. The first-order chi connectivity index (χ1) is 12.4. The van der Waals surface area contributed by atoms with Gasteiger partial charge in [0.05, 0.1) is 22.5 Å². The van der Waals surface area contributed by atoms with Crippen LogP contribution < -0.4 is 4.90 Å². The summed E-state index contributed by atoms with van der Waals surface area (Å²) in [5.41, 5.74) is 4.12. The number of carbonyl (C=O) groups excluding carboxylic acids is 2. The number of aromatic nitrogens is 1. The molecular weight excluding hydrogens is 328 g/mol. The van der Waals surface area contributed by atoms with E-state index in [9.17, 15) is 14.9 Å². The number of hydrogen-bond donors (Lipinski definition) is 1. The van der Waals surface area contributed by atoms with Gasteiger partial charge in [0.1, 0.15) is 6.07 Å². The minimum absolute atomic E-state index is 0.0445. The molecule has 0 saturated carbocycles. The monoisotopic (exact) mass is 350 g/mol. The zero-order chi connectivity index (χ0) is 18.8. The van der Waals surface area contributed by atoms with Crippen LogP contribution in [0.1, 0.15) is 44.6 Å². The lowest BCUT2D eigenvalue weighted by Gasteiger charge is -2.36. The standard InChI is InChI=1S/C20H22N4O2/c1-13-18(14(2)22-19(13)15(3)25)20(26)24-10-8-23(9-11-24)17-7-5-4-6-16(17)12-21/h4-7,22H,8-11H2,1-3H3. The summed E-state index contributed by atoms with van der Waals surface area (Å²) in [6.45, 7) is 7.64. The van der Waals surface area contributed by atoms with Crippen molar-refractivity contribution in [2.75, 3.05) is 31.1 Å². The fourth-order valence-corrected chi connectivity index (χ4v) is 3.58. The zero-order valence-corrected chi connectivity index (χ0v) is 15.3. The highest BCUT2D eigenvalue weighted by molar-refractivity contribution is 6.02. The molecule has 1 saturated heterocycles. The quantitative estimate of drug-likeness (QED) is 0.863. The summed E-state index contributed by atoms with van der Waals surface area (Å²) in [6.07, 6.45) is 0. The molecule has 0 bridgehead atoms. The third-order valence-corrected chi connectivity index (χ3v) is 4.94. The van der Waals surface area contributed by atoms with E-state index in [4.69, 9.17) is 0 Å². The van der Waals surface area contributed by atoms with E-state index in [-0.39, 0.29) is 11.7 Å². The van der Waals surface area contributed by atoms with Gasteiger partial charge in [-0.1, -0.05) is 12.1 Å². The number of nitrogens with zero attached hydrogens (tertiary/aromatic N) is 3. The number of amides is 1. The van der Waals surface area contributed by atoms with Gasteiger partial charge in [-0.15, -0.1) is 0 Å². The minimum Gasteiger partial charge on any atom is -0.367 e. The summed E-state index contributed by atoms with van der Waals surface area (Å²) in [5, 5.41) is 9.27. The van der Waals surface area contributed by atoms with Crippen molar-refractivity contribution in [1.29, 1.82) is 5.26 Å². The average Bonchev–Trinajstić information content (AvgIpc) is 2.96. The summed E-state index contributed by atoms with van der Waals surface area (Å²) < 4.78 is 0. The van der Waals surface area contributed by atoms with Crippen molar-refractivity contribution in [2.24, 2.45) is 0 Å². The topological polar surface area (TPSA) is 80.2 Å². The van der Waals surface area contributed by atoms with Gasteiger partial charge in [-0.05, 0) is 31.5 Å². The second kappa shape index (κ2) is 7.04. The molecule has 1 N–H and O–H groups in total. The normalized spacial score (nSPS) is 14.2.